The molecule has 3 heterocycles. The Kier molecular flexibility index (Phi) is 5.38. The molecule has 3 aromatic rings. The summed E-state index contributed by atoms with van der Waals surface area (Å²) < 4.78 is 0. The molecule has 2 aliphatic heterocycles. The van der Waals surface area contributed by atoms with Crippen LogP contribution in [0.15, 0.2) is 60.8 Å². The molecule has 0 unspecified atom stereocenters. The molecule has 0 saturated carbocycles. The smallest absolute Gasteiger partial charge is 0.335 e. The molecule has 2 aliphatic rings. The van der Waals surface area contributed by atoms with Crippen LogP contribution in [0, 0.1) is 0 Å². The Morgan fingerprint density at radius 2 is 1.97 bits per heavy atom. The summed E-state index contributed by atoms with van der Waals surface area (Å²) in [6, 6.07) is 18.0. The van der Waals surface area contributed by atoms with Crippen molar-refractivity contribution in [1.82, 2.24) is 9.88 Å². The zero-order chi connectivity index (χ0) is 21.4. The number of aryl methyl sites for hydroxylation is 1. The number of carboxylic acids is 1. The number of fused-ring (bicyclic) bond motifs is 3. The number of rotatable bonds is 4. The number of carbonyl (C=O) groups is 1. The Hall–Kier alpha value is -2.89. The maximum atomic E-state index is 11.3. The second-order valence-corrected chi connectivity index (χ2v) is 8.71. The first-order valence-corrected chi connectivity index (χ1v) is 11.0. The molecule has 2 aromatic carbocycles. The van der Waals surface area contributed by atoms with E-state index in [-0.39, 0.29) is 0 Å². The van der Waals surface area contributed by atoms with Gasteiger partial charge in [0.1, 0.15) is 0 Å². The number of nitrogens with zero attached hydrogens (tertiary/aromatic N) is 3. The number of aromatic nitrogens is 1. The van der Waals surface area contributed by atoms with Crippen molar-refractivity contribution in [1.29, 1.82) is 0 Å². The lowest BCUT2D eigenvalue weighted by molar-refractivity contribution is 0.0696. The van der Waals surface area contributed by atoms with Crippen LogP contribution in [0.25, 0.3) is 11.1 Å². The van der Waals surface area contributed by atoms with Gasteiger partial charge in [0.2, 0.25) is 0 Å². The Labute approximate surface area is 186 Å². The van der Waals surface area contributed by atoms with Crippen molar-refractivity contribution in [2.24, 2.45) is 0 Å². The highest BCUT2D eigenvalue weighted by Crippen LogP contribution is 2.34. The molecule has 1 fully saturated rings. The van der Waals surface area contributed by atoms with Gasteiger partial charge in [-0.05, 0) is 60.4 Å². The number of hydrogen-bond donors (Lipinski definition) is 1. The molecule has 0 bridgehead atoms. The van der Waals surface area contributed by atoms with Gasteiger partial charge in [-0.15, -0.1) is 0 Å². The van der Waals surface area contributed by atoms with Crippen LogP contribution in [0.2, 0.25) is 5.02 Å². The number of benzene rings is 2. The van der Waals surface area contributed by atoms with E-state index in [1.807, 2.05) is 48.7 Å². The van der Waals surface area contributed by atoms with Gasteiger partial charge in [0.25, 0.3) is 0 Å². The first kappa shape index (κ1) is 20.0. The van der Waals surface area contributed by atoms with Crippen LogP contribution < -0.4 is 4.90 Å². The monoisotopic (exact) mass is 433 g/mol. The Morgan fingerprint density at radius 3 is 2.77 bits per heavy atom. The quantitative estimate of drug-likeness (QED) is 0.644. The van der Waals surface area contributed by atoms with Gasteiger partial charge >= 0.3 is 5.97 Å². The van der Waals surface area contributed by atoms with Crippen molar-refractivity contribution in [3.63, 3.8) is 0 Å². The molecular weight excluding hydrogens is 410 g/mol. The highest BCUT2D eigenvalue weighted by atomic mass is 35.5. The van der Waals surface area contributed by atoms with Crippen molar-refractivity contribution >= 4 is 23.3 Å². The van der Waals surface area contributed by atoms with Crippen molar-refractivity contribution in [3.05, 3.63) is 82.6 Å². The SMILES string of the molecule is O=C(O)c1ccc2c(c1)CC[C@H]1CN(Cc3ncccc3-c3ccc(Cl)cc3)CCN21. The lowest BCUT2D eigenvalue weighted by atomic mass is 9.92. The molecule has 31 heavy (non-hydrogen) atoms. The van der Waals surface area contributed by atoms with Gasteiger partial charge in [0, 0.05) is 54.7 Å². The first-order valence-electron chi connectivity index (χ1n) is 10.6. The Bertz CT molecular complexity index is 1120. The summed E-state index contributed by atoms with van der Waals surface area (Å²) in [5.74, 6) is -0.860. The van der Waals surface area contributed by atoms with Gasteiger partial charge in [-0.1, -0.05) is 29.8 Å². The van der Waals surface area contributed by atoms with Gasteiger partial charge in [-0.2, -0.15) is 0 Å². The molecule has 0 radical (unpaired) electrons. The molecule has 0 aliphatic carbocycles. The molecule has 158 valence electrons. The van der Waals surface area contributed by atoms with Crippen LogP contribution in [0.5, 0.6) is 0 Å². The summed E-state index contributed by atoms with van der Waals surface area (Å²) in [7, 11) is 0. The summed E-state index contributed by atoms with van der Waals surface area (Å²) in [5.41, 5.74) is 6.09. The normalized spacial score (nSPS) is 18.4. The second-order valence-electron chi connectivity index (χ2n) is 8.27. The first-order chi connectivity index (χ1) is 15.1. The number of aromatic carboxylic acids is 1. The van der Waals surface area contributed by atoms with Gasteiger partial charge in [0.05, 0.1) is 11.3 Å². The van der Waals surface area contributed by atoms with Crippen LogP contribution in [-0.4, -0.2) is 46.6 Å². The number of carboxylic acid groups (broad SMARTS) is 1. The van der Waals surface area contributed by atoms with E-state index in [1.165, 1.54) is 5.69 Å². The Morgan fingerprint density at radius 1 is 1.13 bits per heavy atom. The Balaban J connectivity index is 1.33. The molecule has 0 spiro atoms. The standard InChI is InChI=1S/C25H24ClN3O2/c26-20-7-3-17(4-8-20)22-2-1-11-27-23(22)16-28-12-13-29-21(15-28)9-5-18-14-19(25(30)31)6-10-24(18)29/h1-4,6-8,10-11,14,21H,5,9,12-13,15-16H2,(H,30,31)/t21-/m0/s1. The van der Waals surface area contributed by atoms with Crippen LogP contribution in [-0.2, 0) is 13.0 Å². The minimum Gasteiger partial charge on any atom is -0.478 e. The fraction of sp³-hybridized carbons (Fsp3) is 0.280. The molecular formula is C25H24ClN3O2. The van der Waals surface area contributed by atoms with E-state index in [9.17, 15) is 9.90 Å². The van der Waals surface area contributed by atoms with E-state index in [0.717, 1.165) is 66.4 Å². The minimum atomic E-state index is -0.860. The molecule has 1 N–H and O–H groups in total. The molecule has 5 nitrogen and oxygen atoms in total. The van der Waals surface area contributed by atoms with Gasteiger partial charge in [-0.3, -0.25) is 9.88 Å². The number of halogens is 1. The van der Waals surface area contributed by atoms with Crippen molar-refractivity contribution in [2.45, 2.75) is 25.4 Å². The summed E-state index contributed by atoms with van der Waals surface area (Å²) in [6.45, 7) is 3.69. The average Bonchev–Trinajstić information content (AvgIpc) is 2.79. The van der Waals surface area contributed by atoms with Crippen LogP contribution in [0.3, 0.4) is 0 Å². The average molecular weight is 434 g/mol. The summed E-state index contributed by atoms with van der Waals surface area (Å²) in [6.07, 6.45) is 3.83. The minimum absolute atomic E-state index is 0.376. The van der Waals surface area contributed by atoms with Crippen LogP contribution >= 0.6 is 11.6 Å². The number of piperazine rings is 1. The molecule has 1 saturated heterocycles. The zero-order valence-electron chi connectivity index (χ0n) is 17.2. The predicted molar refractivity (Wildman–Crippen MR) is 123 cm³/mol. The summed E-state index contributed by atoms with van der Waals surface area (Å²) >= 11 is 6.06. The highest BCUT2D eigenvalue weighted by Gasteiger charge is 2.32. The number of hydrogen-bond acceptors (Lipinski definition) is 4. The highest BCUT2D eigenvalue weighted by molar-refractivity contribution is 6.30. The van der Waals surface area contributed by atoms with E-state index in [2.05, 4.69) is 15.9 Å². The van der Waals surface area contributed by atoms with Crippen LogP contribution in [0.4, 0.5) is 5.69 Å². The van der Waals surface area contributed by atoms with E-state index in [0.29, 0.717) is 11.6 Å². The predicted octanol–water partition coefficient (Wildman–Crippen LogP) is 4.74. The van der Waals surface area contributed by atoms with Gasteiger partial charge < -0.3 is 10.0 Å². The fourth-order valence-corrected chi connectivity index (χ4v) is 4.94. The summed E-state index contributed by atoms with van der Waals surface area (Å²) in [5, 5.41) is 10.0. The van der Waals surface area contributed by atoms with E-state index in [1.54, 1.807) is 6.07 Å². The maximum absolute atomic E-state index is 11.3. The second kappa shape index (κ2) is 8.33. The molecule has 6 heteroatoms. The maximum Gasteiger partial charge on any atom is 0.335 e. The molecule has 1 aromatic heterocycles. The number of anilines is 1. The fourth-order valence-electron chi connectivity index (χ4n) is 4.82. The number of pyridine rings is 1. The zero-order valence-corrected chi connectivity index (χ0v) is 17.9. The van der Waals surface area contributed by atoms with Crippen molar-refractivity contribution in [3.8, 4) is 11.1 Å². The molecule has 5 rings (SSSR count). The largest absolute Gasteiger partial charge is 0.478 e. The van der Waals surface area contributed by atoms with Crippen LogP contribution in [0.1, 0.15) is 28.0 Å². The van der Waals surface area contributed by atoms with Gasteiger partial charge in [-0.25, -0.2) is 4.79 Å². The molecule has 0 amide bonds. The third-order valence-corrected chi connectivity index (χ3v) is 6.62. The third kappa shape index (κ3) is 4.03. The topological polar surface area (TPSA) is 56.7 Å². The van der Waals surface area contributed by atoms with E-state index >= 15 is 0 Å². The lowest BCUT2D eigenvalue weighted by Gasteiger charge is -2.46. The summed E-state index contributed by atoms with van der Waals surface area (Å²) in [4.78, 5) is 20.9. The van der Waals surface area contributed by atoms with E-state index < -0.39 is 5.97 Å². The van der Waals surface area contributed by atoms with Crippen molar-refractivity contribution in [2.75, 3.05) is 24.5 Å². The third-order valence-electron chi connectivity index (χ3n) is 6.37. The lowest BCUT2D eigenvalue weighted by Crippen LogP contribution is -2.54. The molecule has 1 atom stereocenters. The van der Waals surface area contributed by atoms with Crippen molar-refractivity contribution < 1.29 is 9.90 Å². The van der Waals surface area contributed by atoms with Gasteiger partial charge in [0.15, 0.2) is 0 Å². The van der Waals surface area contributed by atoms with E-state index in [4.69, 9.17) is 16.6 Å².